The lowest BCUT2D eigenvalue weighted by atomic mass is 10.1. The number of nitrogens with zero attached hydrogens (tertiary/aromatic N) is 2. The first kappa shape index (κ1) is 20.5. The summed E-state index contributed by atoms with van der Waals surface area (Å²) in [6.07, 6.45) is -0.594. The van der Waals surface area contributed by atoms with Gasteiger partial charge in [-0.3, -0.25) is 10.1 Å². The second kappa shape index (κ2) is 7.67. The van der Waals surface area contributed by atoms with Gasteiger partial charge in [-0.25, -0.2) is 9.36 Å². The topological polar surface area (TPSA) is 74.4 Å². The van der Waals surface area contributed by atoms with Gasteiger partial charge >= 0.3 is 6.09 Å². The number of ether oxygens (including phenoxy) is 1. The summed E-state index contributed by atoms with van der Waals surface area (Å²) in [5.74, 6) is 0. The molecule has 2 aromatic carbocycles. The lowest BCUT2D eigenvalue weighted by molar-refractivity contribution is -0.384. The SMILES string of the molecule is CC(C)(C)OC(=O)n1c(-c2ccccc2[N+](=O)[O-])c(Br)c2cc(CBr)ccc21. The van der Waals surface area contributed by atoms with Gasteiger partial charge in [0.05, 0.1) is 26.2 Å². The molecular weight excluding hydrogens is 492 g/mol. The third-order valence-electron chi connectivity index (χ3n) is 4.06. The van der Waals surface area contributed by atoms with Crippen molar-refractivity contribution in [2.75, 3.05) is 0 Å². The van der Waals surface area contributed by atoms with E-state index in [0.29, 0.717) is 26.6 Å². The number of hydrogen-bond acceptors (Lipinski definition) is 4. The van der Waals surface area contributed by atoms with Crippen molar-refractivity contribution in [2.24, 2.45) is 0 Å². The Morgan fingerprint density at radius 1 is 1.21 bits per heavy atom. The van der Waals surface area contributed by atoms with Gasteiger partial charge in [0, 0.05) is 16.8 Å². The average Bonchev–Trinajstić information content (AvgIpc) is 2.92. The van der Waals surface area contributed by atoms with Gasteiger partial charge in [-0.05, 0) is 60.5 Å². The Morgan fingerprint density at radius 3 is 2.50 bits per heavy atom. The molecule has 3 rings (SSSR count). The minimum Gasteiger partial charge on any atom is -0.443 e. The second-order valence-electron chi connectivity index (χ2n) is 7.24. The Kier molecular flexibility index (Phi) is 5.63. The summed E-state index contributed by atoms with van der Waals surface area (Å²) < 4.78 is 7.58. The Balaban J connectivity index is 2.38. The van der Waals surface area contributed by atoms with Crippen LogP contribution in [0.3, 0.4) is 0 Å². The van der Waals surface area contributed by atoms with Crippen molar-refractivity contribution in [1.29, 1.82) is 0 Å². The summed E-state index contributed by atoms with van der Waals surface area (Å²) in [5, 5.41) is 13.0. The van der Waals surface area contributed by atoms with E-state index in [-0.39, 0.29) is 5.69 Å². The minimum absolute atomic E-state index is 0.0865. The van der Waals surface area contributed by atoms with Crippen LogP contribution in [0, 0.1) is 10.1 Å². The normalized spacial score (nSPS) is 11.6. The molecule has 28 heavy (non-hydrogen) atoms. The third kappa shape index (κ3) is 3.84. The van der Waals surface area contributed by atoms with Crippen LogP contribution in [-0.4, -0.2) is 21.2 Å². The first-order chi connectivity index (χ1) is 13.1. The predicted molar refractivity (Wildman–Crippen MR) is 116 cm³/mol. The average molecular weight is 510 g/mol. The van der Waals surface area contributed by atoms with Crippen molar-refractivity contribution in [2.45, 2.75) is 31.7 Å². The quantitative estimate of drug-likeness (QED) is 0.225. The van der Waals surface area contributed by atoms with Crippen molar-refractivity contribution in [1.82, 2.24) is 4.57 Å². The van der Waals surface area contributed by atoms with E-state index < -0.39 is 16.6 Å². The Hall–Kier alpha value is -2.19. The fourth-order valence-corrected chi connectivity index (χ4v) is 4.01. The van der Waals surface area contributed by atoms with Crippen LogP contribution in [0.2, 0.25) is 0 Å². The molecule has 0 amide bonds. The predicted octanol–water partition coefficient (Wildman–Crippen LogP) is 6.66. The fraction of sp³-hybridized carbons (Fsp3) is 0.250. The summed E-state index contributed by atoms with van der Waals surface area (Å²) >= 11 is 7.00. The number of carbonyl (C=O) groups is 1. The molecule has 0 saturated carbocycles. The second-order valence-corrected chi connectivity index (χ2v) is 8.59. The lowest BCUT2D eigenvalue weighted by Gasteiger charge is -2.21. The monoisotopic (exact) mass is 508 g/mol. The Morgan fingerprint density at radius 2 is 1.89 bits per heavy atom. The number of para-hydroxylation sites is 1. The highest BCUT2D eigenvalue weighted by atomic mass is 79.9. The van der Waals surface area contributed by atoms with Gasteiger partial charge in [0.25, 0.3) is 5.69 Å². The molecule has 0 N–H and O–H groups in total. The minimum atomic E-state index is -0.712. The third-order valence-corrected chi connectivity index (χ3v) is 5.51. The van der Waals surface area contributed by atoms with Gasteiger partial charge in [-0.15, -0.1) is 0 Å². The van der Waals surface area contributed by atoms with Crippen LogP contribution >= 0.6 is 31.9 Å². The molecule has 0 spiro atoms. The van der Waals surface area contributed by atoms with Crippen molar-refractivity contribution in [3.8, 4) is 11.3 Å². The van der Waals surface area contributed by atoms with Gasteiger partial charge in [-0.1, -0.05) is 34.1 Å². The van der Waals surface area contributed by atoms with Gasteiger partial charge in [-0.2, -0.15) is 0 Å². The number of nitro benzene ring substituents is 1. The van der Waals surface area contributed by atoms with E-state index in [2.05, 4.69) is 31.9 Å². The smallest absolute Gasteiger partial charge is 0.419 e. The molecule has 0 saturated heterocycles. The molecule has 0 radical (unpaired) electrons. The number of alkyl halides is 1. The zero-order valence-corrected chi connectivity index (χ0v) is 18.7. The zero-order valence-electron chi connectivity index (χ0n) is 15.5. The van der Waals surface area contributed by atoms with E-state index in [9.17, 15) is 14.9 Å². The van der Waals surface area contributed by atoms with Crippen LogP contribution in [0.4, 0.5) is 10.5 Å². The summed E-state index contributed by atoms with van der Waals surface area (Å²) in [6, 6.07) is 12.0. The molecule has 1 aromatic heterocycles. The zero-order chi connectivity index (χ0) is 20.6. The molecule has 0 fully saturated rings. The molecule has 6 nitrogen and oxygen atoms in total. The Labute approximate surface area is 178 Å². The van der Waals surface area contributed by atoms with E-state index in [1.165, 1.54) is 10.6 Å². The molecule has 0 aliphatic heterocycles. The number of rotatable bonds is 3. The molecule has 0 aliphatic carbocycles. The highest BCUT2D eigenvalue weighted by Gasteiger charge is 2.29. The van der Waals surface area contributed by atoms with Crippen LogP contribution in [0.15, 0.2) is 46.9 Å². The maximum atomic E-state index is 13.1. The molecule has 8 heteroatoms. The number of hydrogen-bond donors (Lipinski definition) is 0. The molecule has 0 bridgehead atoms. The first-order valence-corrected chi connectivity index (χ1v) is 10.4. The highest BCUT2D eigenvalue weighted by molar-refractivity contribution is 9.10. The molecule has 0 aliphatic rings. The van der Waals surface area contributed by atoms with Gasteiger partial charge in [0.2, 0.25) is 0 Å². The van der Waals surface area contributed by atoms with E-state index in [0.717, 1.165) is 10.9 Å². The summed E-state index contributed by atoms with van der Waals surface area (Å²) in [6.45, 7) is 5.33. The van der Waals surface area contributed by atoms with Crippen molar-refractivity contribution < 1.29 is 14.5 Å². The number of nitro groups is 1. The lowest BCUT2D eigenvalue weighted by Crippen LogP contribution is -2.27. The maximum absolute atomic E-state index is 13.1. The van der Waals surface area contributed by atoms with E-state index in [1.807, 2.05) is 18.2 Å². The fourth-order valence-electron chi connectivity index (χ4n) is 2.95. The van der Waals surface area contributed by atoms with E-state index in [1.54, 1.807) is 39.0 Å². The van der Waals surface area contributed by atoms with Crippen LogP contribution in [0.5, 0.6) is 0 Å². The summed E-state index contributed by atoms with van der Waals surface area (Å²) in [7, 11) is 0. The van der Waals surface area contributed by atoms with Crippen molar-refractivity contribution in [3.63, 3.8) is 0 Å². The largest absolute Gasteiger partial charge is 0.443 e. The Bertz CT molecular complexity index is 1080. The van der Waals surface area contributed by atoms with E-state index in [4.69, 9.17) is 4.74 Å². The highest BCUT2D eigenvalue weighted by Crippen LogP contribution is 2.42. The molecular formula is C20H18Br2N2O4. The van der Waals surface area contributed by atoms with Crippen molar-refractivity contribution in [3.05, 3.63) is 62.6 Å². The number of aromatic nitrogens is 1. The standard InChI is InChI=1S/C20H18Br2N2O4/c1-20(2,3)28-19(25)23-15-9-8-12(11-21)10-14(15)17(22)18(23)13-6-4-5-7-16(13)24(26)27/h4-10H,11H2,1-3H3. The molecule has 0 atom stereocenters. The molecule has 0 unspecified atom stereocenters. The molecule has 1 heterocycles. The molecule has 3 aromatic rings. The van der Waals surface area contributed by atoms with Crippen LogP contribution < -0.4 is 0 Å². The summed E-state index contributed by atoms with van der Waals surface area (Å²) in [4.78, 5) is 24.2. The first-order valence-electron chi connectivity index (χ1n) is 8.50. The van der Waals surface area contributed by atoms with Crippen molar-refractivity contribution >= 4 is 54.5 Å². The van der Waals surface area contributed by atoms with Crippen LogP contribution in [0.25, 0.3) is 22.2 Å². The summed E-state index contributed by atoms with van der Waals surface area (Å²) in [5.41, 5.74) is 1.56. The molecule has 146 valence electrons. The number of benzene rings is 2. The number of fused-ring (bicyclic) bond motifs is 1. The van der Waals surface area contributed by atoms with Gasteiger partial charge in [0.15, 0.2) is 0 Å². The van der Waals surface area contributed by atoms with Gasteiger partial charge < -0.3 is 4.74 Å². The number of halogens is 2. The van der Waals surface area contributed by atoms with Gasteiger partial charge in [0.1, 0.15) is 5.60 Å². The van der Waals surface area contributed by atoms with Crippen LogP contribution in [0.1, 0.15) is 26.3 Å². The van der Waals surface area contributed by atoms with Crippen LogP contribution in [-0.2, 0) is 10.1 Å². The number of carbonyl (C=O) groups excluding carboxylic acids is 1. The van der Waals surface area contributed by atoms with E-state index >= 15 is 0 Å². The maximum Gasteiger partial charge on any atom is 0.419 e.